The lowest BCUT2D eigenvalue weighted by molar-refractivity contribution is 0.414. The fourth-order valence-electron chi connectivity index (χ4n) is 2.14. The molecule has 114 valence electrons. The van der Waals surface area contributed by atoms with Gasteiger partial charge in [0.2, 0.25) is 0 Å². The number of nitrogens with one attached hydrogen (secondary N) is 1. The van der Waals surface area contributed by atoms with Crippen molar-refractivity contribution in [3.8, 4) is 5.75 Å². The molecule has 0 aromatic heterocycles. The summed E-state index contributed by atoms with van der Waals surface area (Å²) in [5.74, 6) is 0.753. The van der Waals surface area contributed by atoms with Crippen molar-refractivity contribution in [3.05, 3.63) is 28.8 Å². The van der Waals surface area contributed by atoms with E-state index >= 15 is 0 Å². The Morgan fingerprint density at radius 1 is 1.10 bits per heavy atom. The minimum Gasteiger partial charge on any atom is -0.495 e. The van der Waals surface area contributed by atoms with Crippen LogP contribution in [0.4, 0.5) is 0 Å². The van der Waals surface area contributed by atoms with E-state index in [0.717, 1.165) is 18.7 Å². The van der Waals surface area contributed by atoms with Crippen LogP contribution in [-0.2, 0) is 6.42 Å². The van der Waals surface area contributed by atoms with E-state index in [1.54, 1.807) is 7.11 Å². The van der Waals surface area contributed by atoms with Crippen molar-refractivity contribution in [1.29, 1.82) is 0 Å². The van der Waals surface area contributed by atoms with Crippen LogP contribution < -0.4 is 10.1 Å². The smallest absolute Gasteiger partial charge is 0.137 e. The molecular formula is C17H28ClNO. The minimum atomic E-state index is 0.236. The van der Waals surface area contributed by atoms with E-state index in [4.69, 9.17) is 16.3 Å². The molecule has 1 N–H and O–H groups in total. The number of halogens is 1. The fourth-order valence-corrected chi connectivity index (χ4v) is 2.42. The van der Waals surface area contributed by atoms with Crippen LogP contribution in [0.25, 0.3) is 0 Å². The molecule has 20 heavy (non-hydrogen) atoms. The number of methoxy groups -OCH3 is 1. The van der Waals surface area contributed by atoms with Crippen molar-refractivity contribution in [2.45, 2.75) is 58.4 Å². The molecule has 1 aromatic carbocycles. The molecule has 1 aromatic rings. The summed E-state index contributed by atoms with van der Waals surface area (Å²) >= 11 is 6.12. The van der Waals surface area contributed by atoms with Crippen molar-refractivity contribution < 1.29 is 4.74 Å². The summed E-state index contributed by atoms with van der Waals surface area (Å²) in [5, 5.41) is 4.23. The summed E-state index contributed by atoms with van der Waals surface area (Å²) in [6.45, 7) is 7.74. The molecule has 0 aliphatic carbocycles. The molecule has 0 radical (unpaired) electrons. The number of ether oxygens (including phenoxy) is 1. The SMILES string of the molecule is COc1ccc(CCCCCCNC(C)(C)C)cc1Cl. The lowest BCUT2D eigenvalue weighted by Crippen LogP contribution is -2.36. The van der Waals surface area contributed by atoms with Crippen molar-refractivity contribution in [1.82, 2.24) is 5.32 Å². The van der Waals surface area contributed by atoms with E-state index in [9.17, 15) is 0 Å². The second kappa shape index (κ2) is 8.53. The van der Waals surface area contributed by atoms with E-state index in [-0.39, 0.29) is 5.54 Å². The zero-order chi connectivity index (χ0) is 15.0. The van der Waals surface area contributed by atoms with Gasteiger partial charge in [-0.25, -0.2) is 0 Å². The highest BCUT2D eigenvalue weighted by molar-refractivity contribution is 6.32. The highest BCUT2D eigenvalue weighted by Gasteiger charge is 2.07. The van der Waals surface area contributed by atoms with Crippen LogP contribution in [0.5, 0.6) is 5.75 Å². The molecule has 0 atom stereocenters. The predicted molar refractivity (Wildman–Crippen MR) is 87.9 cm³/mol. The van der Waals surface area contributed by atoms with Gasteiger partial charge in [0.1, 0.15) is 5.75 Å². The van der Waals surface area contributed by atoms with Crippen LogP contribution in [0.2, 0.25) is 5.02 Å². The number of benzene rings is 1. The summed E-state index contributed by atoms with van der Waals surface area (Å²) in [5.41, 5.74) is 1.53. The van der Waals surface area contributed by atoms with Gasteiger partial charge in [-0.1, -0.05) is 30.5 Å². The Labute approximate surface area is 128 Å². The molecule has 0 saturated carbocycles. The average Bonchev–Trinajstić information content (AvgIpc) is 2.36. The first kappa shape index (κ1) is 17.3. The van der Waals surface area contributed by atoms with E-state index < -0.39 is 0 Å². The molecular weight excluding hydrogens is 270 g/mol. The van der Waals surface area contributed by atoms with Crippen LogP contribution in [0.1, 0.15) is 52.0 Å². The highest BCUT2D eigenvalue weighted by Crippen LogP contribution is 2.25. The number of hydrogen-bond donors (Lipinski definition) is 1. The molecule has 3 heteroatoms. The molecule has 0 spiro atoms. The molecule has 0 amide bonds. The van der Waals surface area contributed by atoms with Crippen LogP contribution >= 0.6 is 11.6 Å². The maximum atomic E-state index is 6.12. The van der Waals surface area contributed by atoms with Crippen molar-refractivity contribution in [2.24, 2.45) is 0 Å². The van der Waals surface area contributed by atoms with E-state index in [1.807, 2.05) is 12.1 Å². The van der Waals surface area contributed by atoms with Crippen molar-refractivity contribution in [3.63, 3.8) is 0 Å². The summed E-state index contributed by atoms with van der Waals surface area (Å²) in [6.07, 6.45) is 6.12. The van der Waals surface area contributed by atoms with Crippen LogP contribution in [0.15, 0.2) is 18.2 Å². The molecule has 0 heterocycles. The Morgan fingerprint density at radius 2 is 1.80 bits per heavy atom. The molecule has 1 rings (SSSR count). The third-order valence-corrected chi connectivity index (χ3v) is 3.56. The van der Waals surface area contributed by atoms with Gasteiger partial charge in [0.15, 0.2) is 0 Å². The molecule has 0 unspecified atom stereocenters. The van der Waals surface area contributed by atoms with Crippen molar-refractivity contribution in [2.75, 3.05) is 13.7 Å². The Bertz CT molecular complexity index is 398. The van der Waals surface area contributed by atoms with Gasteiger partial charge < -0.3 is 10.1 Å². The Kier molecular flexibility index (Phi) is 7.39. The van der Waals surface area contributed by atoms with Crippen LogP contribution in [-0.4, -0.2) is 19.2 Å². The Balaban J connectivity index is 2.14. The number of rotatable bonds is 8. The number of unbranched alkanes of at least 4 members (excludes halogenated alkanes) is 3. The molecule has 2 nitrogen and oxygen atoms in total. The fraction of sp³-hybridized carbons (Fsp3) is 0.647. The van der Waals surface area contributed by atoms with Crippen LogP contribution in [0, 0.1) is 0 Å². The zero-order valence-electron chi connectivity index (χ0n) is 13.3. The lowest BCUT2D eigenvalue weighted by atomic mass is 10.1. The predicted octanol–water partition coefficient (Wildman–Crippen LogP) is 4.84. The topological polar surface area (TPSA) is 21.3 Å². The number of hydrogen-bond acceptors (Lipinski definition) is 2. The van der Waals surface area contributed by atoms with E-state index in [2.05, 4.69) is 32.2 Å². The average molecular weight is 298 g/mol. The number of aryl methyl sites for hydroxylation is 1. The first-order valence-electron chi connectivity index (χ1n) is 7.50. The van der Waals surface area contributed by atoms with E-state index in [0.29, 0.717) is 5.02 Å². The Hall–Kier alpha value is -0.730. The van der Waals surface area contributed by atoms with Gasteiger partial charge in [-0.2, -0.15) is 0 Å². The van der Waals surface area contributed by atoms with Gasteiger partial charge in [0.05, 0.1) is 12.1 Å². The second-order valence-corrected chi connectivity index (χ2v) is 6.72. The molecule has 0 saturated heterocycles. The lowest BCUT2D eigenvalue weighted by Gasteiger charge is -2.20. The molecule has 0 aliphatic heterocycles. The summed E-state index contributed by atoms with van der Waals surface area (Å²) < 4.78 is 5.16. The summed E-state index contributed by atoms with van der Waals surface area (Å²) in [4.78, 5) is 0. The maximum absolute atomic E-state index is 6.12. The van der Waals surface area contributed by atoms with Crippen molar-refractivity contribution >= 4 is 11.6 Å². The van der Waals surface area contributed by atoms with Gasteiger partial charge in [0.25, 0.3) is 0 Å². The third kappa shape index (κ3) is 7.16. The van der Waals surface area contributed by atoms with Gasteiger partial charge in [-0.05, 0) is 64.3 Å². The summed E-state index contributed by atoms with van der Waals surface area (Å²) in [6, 6.07) is 6.07. The largest absolute Gasteiger partial charge is 0.495 e. The highest BCUT2D eigenvalue weighted by atomic mass is 35.5. The molecule has 0 bridgehead atoms. The van der Waals surface area contributed by atoms with Crippen LogP contribution in [0.3, 0.4) is 0 Å². The van der Waals surface area contributed by atoms with Gasteiger partial charge >= 0.3 is 0 Å². The minimum absolute atomic E-state index is 0.236. The Morgan fingerprint density at radius 3 is 2.40 bits per heavy atom. The van der Waals surface area contributed by atoms with Gasteiger partial charge in [-0.15, -0.1) is 0 Å². The van der Waals surface area contributed by atoms with Gasteiger partial charge in [0, 0.05) is 5.54 Å². The maximum Gasteiger partial charge on any atom is 0.137 e. The second-order valence-electron chi connectivity index (χ2n) is 6.31. The first-order chi connectivity index (χ1) is 9.42. The third-order valence-electron chi connectivity index (χ3n) is 3.26. The molecule has 0 fully saturated rings. The first-order valence-corrected chi connectivity index (χ1v) is 7.87. The monoisotopic (exact) mass is 297 g/mol. The standard InChI is InChI=1S/C17H28ClNO/c1-17(2,3)19-12-8-6-5-7-9-14-10-11-16(20-4)15(18)13-14/h10-11,13,19H,5-9,12H2,1-4H3. The normalized spacial score (nSPS) is 11.7. The molecule has 0 aliphatic rings. The van der Waals surface area contributed by atoms with E-state index in [1.165, 1.54) is 31.2 Å². The van der Waals surface area contributed by atoms with Gasteiger partial charge in [-0.3, -0.25) is 0 Å². The zero-order valence-corrected chi connectivity index (χ0v) is 14.0. The summed E-state index contributed by atoms with van der Waals surface area (Å²) in [7, 11) is 1.65. The quantitative estimate of drug-likeness (QED) is 0.693.